The van der Waals surface area contributed by atoms with Crippen LogP contribution in [0.4, 0.5) is 10.5 Å². The Morgan fingerprint density at radius 2 is 1.70 bits per heavy atom. The number of aryl methyl sites for hydroxylation is 1. The summed E-state index contributed by atoms with van der Waals surface area (Å²) in [6.07, 6.45) is -0.0741. The number of ketones is 1. The van der Waals surface area contributed by atoms with E-state index in [1.165, 1.54) is 0 Å². The first-order valence-electron chi connectivity index (χ1n) is 8.41. The van der Waals surface area contributed by atoms with Crippen molar-refractivity contribution < 1.29 is 19.2 Å². The molecule has 138 valence electrons. The van der Waals surface area contributed by atoms with E-state index in [1.807, 2.05) is 19.1 Å². The minimum absolute atomic E-state index is 0.0741. The van der Waals surface area contributed by atoms with Gasteiger partial charge in [-0.25, -0.2) is 0 Å². The number of rotatable bonds is 6. The Hall–Kier alpha value is -2.93. The molecule has 0 unspecified atom stereocenters. The van der Waals surface area contributed by atoms with Gasteiger partial charge in [0, 0.05) is 17.7 Å². The zero-order valence-electron chi connectivity index (χ0n) is 14.7. The highest BCUT2D eigenvalue weighted by molar-refractivity contribution is 8.15. The summed E-state index contributed by atoms with van der Waals surface area (Å²) in [6.45, 7) is 1.57. The lowest BCUT2D eigenvalue weighted by Gasteiger charge is -2.13. The highest BCUT2D eigenvalue weighted by Crippen LogP contribution is 2.30. The van der Waals surface area contributed by atoms with Crippen molar-refractivity contribution in [2.24, 2.45) is 0 Å². The highest BCUT2D eigenvalue weighted by Gasteiger charge is 2.41. The van der Waals surface area contributed by atoms with E-state index in [4.69, 9.17) is 0 Å². The molecule has 27 heavy (non-hydrogen) atoms. The van der Waals surface area contributed by atoms with Crippen LogP contribution in [0.5, 0.6) is 0 Å². The predicted molar refractivity (Wildman–Crippen MR) is 104 cm³/mol. The maximum atomic E-state index is 12.5. The van der Waals surface area contributed by atoms with Gasteiger partial charge in [-0.2, -0.15) is 0 Å². The maximum absolute atomic E-state index is 12.5. The van der Waals surface area contributed by atoms with Crippen LogP contribution >= 0.6 is 11.8 Å². The van der Waals surface area contributed by atoms with Crippen LogP contribution in [0.15, 0.2) is 54.6 Å². The van der Waals surface area contributed by atoms with Crippen LogP contribution in [0.25, 0.3) is 0 Å². The first-order valence-corrected chi connectivity index (χ1v) is 9.29. The second kappa shape index (κ2) is 8.18. The molecule has 6 nitrogen and oxygen atoms in total. The summed E-state index contributed by atoms with van der Waals surface area (Å²) in [5, 5.41) is 1.35. The van der Waals surface area contributed by atoms with Gasteiger partial charge in [0.05, 0.1) is 0 Å². The fourth-order valence-corrected chi connectivity index (χ4v) is 3.65. The lowest BCUT2D eigenvalue weighted by molar-refractivity contribution is -0.130. The summed E-state index contributed by atoms with van der Waals surface area (Å²) in [4.78, 5) is 49.9. The Morgan fingerprint density at radius 1 is 1.04 bits per heavy atom. The third-order valence-electron chi connectivity index (χ3n) is 4.11. The van der Waals surface area contributed by atoms with Crippen LogP contribution < -0.4 is 5.32 Å². The van der Waals surface area contributed by atoms with Gasteiger partial charge in [-0.1, -0.05) is 59.8 Å². The number of nitrogens with one attached hydrogen (secondary N) is 1. The van der Waals surface area contributed by atoms with Gasteiger partial charge in [-0.05, 0) is 19.1 Å². The van der Waals surface area contributed by atoms with E-state index in [0.29, 0.717) is 11.3 Å². The second-order valence-electron chi connectivity index (χ2n) is 6.20. The van der Waals surface area contributed by atoms with E-state index in [1.54, 1.807) is 42.5 Å². The highest BCUT2D eigenvalue weighted by atomic mass is 32.2. The van der Waals surface area contributed by atoms with Crippen molar-refractivity contribution in [3.8, 4) is 0 Å². The molecule has 0 aromatic heterocycles. The molecule has 0 bridgehead atoms. The molecule has 3 amide bonds. The molecule has 3 rings (SSSR count). The van der Waals surface area contributed by atoms with E-state index in [9.17, 15) is 19.2 Å². The Kier molecular flexibility index (Phi) is 5.71. The molecule has 7 heteroatoms. The monoisotopic (exact) mass is 382 g/mol. The molecule has 1 aliphatic rings. The van der Waals surface area contributed by atoms with E-state index < -0.39 is 22.3 Å². The summed E-state index contributed by atoms with van der Waals surface area (Å²) in [5.41, 5.74) is 2.14. The summed E-state index contributed by atoms with van der Waals surface area (Å²) >= 11 is 0.792. The van der Waals surface area contributed by atoms with Crippen molar-refractivity contribution in [1.82, 2.24) is 4.90 Å². The second-order valence-corrected chi connectivity index (χ2v) is 7.36. The topological polar surface area (TPSA) is 83.6 Å². The summed E-state index contributed by atoms with van der Waals surface area (Å²) in [7, 11) is 0. The molecule has 1 saturated heterocycles. The molecule has 0 spiro atoms. The van der Waals surface area contributed by atoms with E-state index in [0.717, 1.165) is 22.2 Å². The van der Waals surface area contributed by atoms with Crippen LogP contribution in [0, 0.1) is 6.92 Å². The lowest BCUT2D eigenvalue weighted by atomic mass is 10.1. The average Bonchev–Trinajstić information content (AvgIpc) is 2.91. The number of hydrogen-bond donors (Lipinski definition) is 1. The predicted octanol–water partition coefficient (Wildman–Crippen LogP) is 3.27. The Labute approximate surface area is 160 Å². The minimum Gasteiger partial charge on any atom is -0.325 e. The van der Waals surface area contributed by atoms with Gasteiger partial charge in [0.1, 0.15) is 11.8 Å². The molecule has 1 N–H and O–H groups in total. The fraction of sp³-hybridized carbons (Fsp3) is 0.200. The van der Waals surface area contributed by atoms with Crippen molar-refractivity contribution in [3.05, 3.63) is 65.7 Å². The molecular formula is C20H18N2O4S. The lowest BCUT2D eigenvalue weighted by Crippen LogP contribution is -2.38. The van der Waals surface area contributed by atoms with Gasteiger partial charge in [-0.3, -0.25) is 24.1 Å². The van der Waals surface area contributed by atoms with Crippen molar-refractivity contribution >= 4 is 40.3 Å². The fourth-order valence-electron chi connectivity index (χ4n) is 2.66. The standard InChI is InChI=1S/C20H18N2O4S/c1-13-7-9-15(10-8-13)21-18(24)12-22-19(25)17(27-20(22)26)11-16(23)14-5-3-2-4-6-14/h2-10,17H,11-12H2,1H3,(H,21,24)/t17-/m0/s1. The number of nitrogens with zero attached hydrogens (tertiary/aromatic N) is 1. The van der Waals surface area contributed by atoms with Gasteiger partial charge in [0.25, 0.3) is 5.24 Å². The number of benzene rings is 2. The summed E-state index contributed by atoms with van der Waals surface area (Å²) < 4.78 is 0. The van der Waals surface area contributed by atoms with E-state index in [2.05, 4.69) is 5.32 Å². The number of anilines is 1. The van der Waals surface area contributed by atoms with Gasteiger partial charge in [-0.15, -0.1) is 0 Å². The Morgan fingerprint density at radius 3 is 2.37 bits per heavy atom. The van der Waals surface area contributed by atoms with Crippen LogP contribution in [0.2, 0.25) is 0 Å². The molecule has 2 aromatic carbocycles. The smallest absolute Gasteiger partial charge is 0.289 e. The molecule has 0 radical (unpaired) electrons. The number of carbonyl (C=O) groups is 4. The number of imide groups is 1. The number of carbonyl (C=O) groups excluding carboxylic acids is 4. The van der Waals surface area contributed by atoms with Crippen LogP contribution in [-0.2, 0) is 9.59 Å². The molecule has 1 atom stereocenters. The normalized spacial score (nSPS) is 16.5. The third kappa shape index (κ3) is 4.62. The number of Topliss-reactive ketones (excluding diaryl/α,β-unsaturated/α-hetero) is 1. The SMILES string of the molecule is Cc1ccc(NC(=O)CN2C(=O)S[C@@H](CC(=O)c3ccccc3)C2=O)cc1. The number of amides is 3. The van der Waals surface area contributed by atoms with Crippen molar-refractivity contribution in [1.29, 1.82) is 0 Å². The average molecular weight is 382 g/mol. The zero-order valence-corrected chi connectivity index (χ0v) is 15.5. The zero-order chi connectivity index (χ0) is 19.4. The van der Waals surface area contributed by atoms with Crippen molar-refractivity contribution in [2.75, 3.05) is 11.9 Å². The molecule has 1 heterocycles. The van der Waals surface area contributed by atoms with Crippen molar-refractivity contribution in [3.63, 3.8) is 0 Å². The molecule has 0 aliphatic carbocycles. The largest absolute Gasteiger partial charge is 0.325 e. The first kappa shape index (κ1) is 18.8. The Balaban J connectivity index is 1.59. The van der Waals surface area contributed by atoms with Crippen molar-refractivity contribution in [2.45, 2.75) is 18.6 Å². The molecular weight excluding hydrogens is 364 g/mol. The third-order valence-corrected chi connectivity index (χ3v) is 5.18. The van der Waals surface area contributed by atoms with Crippen LogP contribution in [0.1, 0.15) is 22.3 Å². The molecule has 0 saturated carbocycles. The van der Waals surface area contributed by atoms with Gasteiger partial charge < -0.3 is 5.32 Å². The van der Waals surface area contributed by atoms with Crippen LogP contribution in [-0.4, -0.2) is 39.5 Å². The number of hydrogen-bond acceptors (Lipinski definition) is 5. The molecule has 2 aromatic rings. The first-order chi connectivity index (χ1) is 12.9. The molecule has 1 fully saturated rings. The van der Waals surface area contributed by atoms with E-state index >= 15 is 0 Å². The molecule has 1 aliphatic heterocycles. The van der Waals surface area contributed by atoms with Gasteiger partial charge in [0.15, 0.2) is 5.78 Å². The van der Waals surface area contributed by atoms with Gasteiger partial charge in [0.2, 0.25) is 11.8 Å². The number of thioether (sulfide) groups is 1. The van der Waals surface area contributed by atoms with Gasteiger partial charge >= 0.3 is 0 Å². The van der Waals surface area contributed by atoms with Crippen LogP contribution in [0.3, 0.4) is 0 Å². The Bertz CT molecular complexity index is 881. The maximum Gasteiger partial charge on any atom is 0.289 e. The summed E-state index contributed by atoms with van der Waals surface area (Å²) in [5.74, 6) is -1.18. The quantitative estimate of drug-likeness (QED) is 0.775. The summed E-state index contributed by atoms with van der Waals surface area (Å²) in [6, 6.07) is 15.8. The minimum atomic E-state index is -0.794. The van der Waals surface area contributed by atoms with E-state index in [-0.39, 0.29) is 18.7 Å².